The number of phosphoric acid groups is 1. The molecule has 0 rings (SSSR count). The third kappa shape index (κ3) is 43.0. The van der Waals surface area contributed by atoms with Crippen LogP contribution in [0.25, 0.3) is 0 Å². The van der Waals surface area contributed by atoms with Crippen molar-refractivity contribution in [2.45, 2.75) is 174 Å². The highest BCUT2D eigenvalue weighted by Crippen LogP contribution is 2.38. The molecule has 0 aromatic rings. The molecule has 0 aliphatic rings. The maximum Gasteiger partial charge on any atom is 0.306 e. The van der Waals surface area contributed by atoms with E-state index < -0.39 is 32.5 Å². The second kappa shape index (κ2) is 39.9. The quantitative estimate of drug-likeness (QED) is 0.0197. The second-order valence-corrected chi connectivity index (χ2v) is 17.4. The Kier molecular flexibility index (Phi) is 38.1. The molecule has 0 aliphatic carbocycles. The summed E-state index contributed by atoms with van der Waals surface area (Å²) in [5, 5.41) is 0. The van der Waals surface area contributed by atoms with Crippen molar-refractivity contribution in [2.75, 3.05) is 47.5 Å². The minimum absolute atomic E-state index is 0.0424. The van der Waals surface area contributed by atoms with Crippen molar-refractivity contribution < 1.29 is 42.1 Å². The number of carbonyl (C=O) groups excluding carboxylic acids is 2. The van der Waals surface area contributed by atoms with Gasteiger partial charge in [-0.3, -0.25) is 14.2 Å². The number of ether oxygens (including phenoxy) is 2. The number of rotatable bonds is 40. The predicted octanol–water partition coefficient (Wildman–Crippen LogP) is 12.4. The van der Waals surface area contributed by atoms with Gasteiger partial charge in [-0.05, 0) is 83.5 Å². The Bertz CT molecular complexity index is 1220. The molecule has 0 aliphatic heterocycles. The molecule has 2 unspecified atom stereocenters. The largest absolute Gasteiger partial charge is 0.756 e. The Hall–Kier alpha value is -2.55. The maximum absolute atomic E-state index is 12.7. The zero-order chi connectivity index (χ0) is 42.8. The molecule has 0 amide bonds. The van der Waals surface area contributed by atoms with E-state index in [0.717, 1.165) is 83.5 Å². The van der Waals surface area contributed by atoms with E-state index in [1.807, 2.05) is 21.1 Å². The van der Waals surface area contributed by atoms with Crippen molar-refractivity contribution in [2.24, 2.45) is 0 Å². The minimum Gasteiger partial charge on any atom is -0.756 e. The summed E-state index contributed by atoms with van der Waals surface area (Å²) < 4.78 is 33.9. The van der Waals surface area contributed by atoms with Crippen molar-refractivity contribution in [3.05, 3.63) is 72.9 Å². The number of hydrogen-bond acceptors (Lipinski definition) is 8. The lowest BCUT2D eigenvalue weighted by molar-refractivity contribution is -0.870. The molecule has 0 spiro atoms. The highest BCUT2D eigenvalue weighted by Gasteiger charge is 2.21. The van der Waals surface area contributed by atoms with Crippen molar-refractivity contribution in [1.82, 2.24) is 0 Å². The van der Waals surface area contributed by atoms with Crippen LogP contribution in [0.5, 0.6) is 0 Å². The lowest BCUT2D eigenvalue weighted by Gasteiger charge is -2.28. The van der Waals surface area contributed by atoms with E-state index in [9.17, 15) is 19.0 Å². The number of nitrogens with zero attached hydrogens (tertiary/aromatic N) is 1. The van der Waals surface area contributed by atoms with Gasteiger partial charge in [-0.2, -0.15) is 0 Å². The SMILES string of the molecule is CC/C=C\C/C=C\C/C=C\C/C=C\C/C=C\CCCCCC(=O)OC(COC(=O)CCCCCCC/C=C\CCCCCCCC)COP(=O)([O-])OCC[N+](C)(C)C. The fraction of sp³-hybridized carbons (Fsp3) is 0.708. The van der Waals surface area contributed by atoms with Gasteiger partial charge in [0.25, 0.3) is 7.82 Å². The molecule has 0 heterocycles. The van der Waals surface area contributed by atoms with Crippen LogP contribution in [0.15, 0.2) is 72.9 Å². The third-order valence-corrected chi connectivity index (χ3v) is 10.2. The maximum atomic E-state index is 12.7. The number of likely N-dealkylation sites (N-methyl/N-ethyl adjacent to an activating group) is 1. The zero-order valence-electron chi connectivity index (χ0n) is 37.5. The van der Waals surface area contributed by atoms with Gasteiger partial charge in [-0.25, -0.2) is 0 Å². The van der Waals surface area contributed by atoms with Gasteiger partial charge in [-0.15, -0.1) is 0 Å². The average Bonchev–Trinajstić information content (AvgIpc) is 3.17. The summed E-state index contributed by atoms with van der Waals surface area (Å²) in [6.07, 6.45) is 49.3. The average molecular weight is 834 g/mol. The van der Waals surface area contributed by atoms with Crippen LogP contribution in [0.3, 0.4) is 0 Å². The van der Waals surface area contributed by atoms with Crippen LogP contribution < -0.4 is 4.89 Å². The van der Waals surface area contributed by atoms with E-state index in [-0.39, 0.29) is 26.1 Å². The molecule has 0 bridgehead atoms. The Morgan fingerprint density at radius 3 is 1.50 bits per heavy atom. The van der Waals surface area contributed by atoms with Crippen LogP contribution in [0.2, 0.25) is 0 Å². The molecule has 0 radical (unpaired) electrons. The van der Waals surface area contributed by atoms with Crippen LogP contribution in [-0.4, -0.2) is 70.0 Å². The predicted molar refractivity (Wildman–Crippen MR) is 240 cm³/mol. The first kappa shape index (κ1) is 55.5. The monoisotopic (exact) mass is 834 g/mol. The van der Waals surface area contributed by atoms with Gasteiger partial charge in [-0.1, -0.05) is 145 Å². The molecule has 0 aromatic carbocycles. The van der Waals surface area contributed by atoms with Gasteiger partial charge in [0, 0.05) is 12.8 Å². The molecular formula is C48H84NO8P. The van der Waals surface area contributed by atoms with Crippen LogP contribution in [0.1, 0.15) is 168 Å². The molecule has 0 fully saturated rings. The van der Waals surface area contributed by atoms with Crippen LogP contribution in [0.4, 0.5) is 0 Å². The first-order valence-corrected chi connectivity index (χ1v) is 24.1. The minimum atomic E-state index is -4.64. The lowest BCUT2D eigenvalue weighted by Crippen LogP contribution is -2.37. The fourth-order valence-corrected chi connectivity index (χ4v) is 6.40. The summed E-state index contributed by atoms with van der Waals surface area (Å²) in [5.41, 5.74) is 0. The topological polar surface area (TPSA) is 111 Å². The standard InChI is InChI=1S/C48H84NO8P/c1-6-8-10-12-14-16-18-20-22-23-24-25-27-29-31-33-35-37-39-41-48(51)57-46(45-56-58(52,53)55-43-42-49(3,4)5)44-54-47(50)40-38-36-34-32-30-28-26-21-19-17-15-13-11-9-7-2/h8,10,14,16,20-22,24-26,29,31,46H,6-7,9,11-13,15,17-19,23,27-28,30,32-45H2,1-5H3/b10-8-,16-14-,22-20-,25-24-,26-21-,31-29-. The molecule has 9 nitrogen and oxygen atoms in total. The lowest BCUT2D eigenvalue weighted by atomic mass is 10.1. The van der Waals surface area contributed by atoms with Gasteiger partial charge >= 0.3 is 11.9 Å². The summed E-state index contributed by atoms with van der Waals surface area (Å²) in [7, 11) is 1.13. The van der Waals surface area contributed by atoms with Gasteiger partial charge in [0.15, 0.2) is 6.10 Å². The van der Waals surface area contributed by atoms with E-state index in [1.165, 1.54) is 44.9 Å². The highest BCUT2D eigenvalue weighted by molar-refractivity contribution is 7.45. The summed E-state index contributed by atoms with van der Waals surface area (Å²) in [4.78, 5) is 37.6. The van der Waals surface area contributed by atoms with Crippen LogP contribution in [-0.2, 0) is 32.7 Å². The first-order valence-electron chi connectivity index (χ1n) is 22.6. The fourth-order valence-electron chi connectivity index (χ4n) is 5.67. The number of allylic oxidation sites excluding steroid dienone is 12. The second-order valence-electron chi connectivity index (χ2n) is 16.0. The summed E-state index contributed by atoms with van der Waals surface area (Å²) >= 11 is 0. The van der Waals surface area contributed by atoms with Crippen LogP contribution in [0, 0.1) is 0 Å². The Morgan fingerprint density at radius 1 is 0.552 bits per heavy atom. The summed E-state index contributed by atoms with van der Waals surface area (Å²) in [5.74, 6) is -0.887. The van der Waals surface area contributed by atoms with E-state index in [2.05, 4.69) is 86.8 Å². The Balaban J connectivity index is 4.44. The molecule has 0 N–H and O–H groups in total. The molecule has 2 atom stereocenters. The smallest absolute Gasteiger partial charge is 0.306 e. The van der Waals surface area contributed by atoms with Crippen molar-refractivity contribution in [3.8, 4) is 0 Å². The number of quaternary nitrogens is 1. The number of esters is 2. The van der Waals surface area contributed by atoms with Crippen molar-refractivity contribution >= 4 is 19.8 Å². The molecule has 334 valence electrons. The van der Waals surface area contributed by atoms with E-state index in [0.29, 0.717) is 23.9 Å². The molecular weight excluding hydrogens is 750 g/mol. The number of carbonyl (C=O) groups is 2. The van der Waals surface area contributed by atoms with Gasteiger partial charge < -0.3 is 27.9 Å². The van der Waals surface area contributed by atoms with E-state index in [1.54, 1.807) is 0 Å². The Labute approximate surface area is 355 Å². The van der Waals surface area contributed by atoms with E-state index in [4.69, 9.17) is 18.5 Å². The summed E-state index contributed by atoms with van der Waals surface area (Å²) in [6.45, 7) is 4.04. The van der Waals surface area contributed by atoms with E-state index >= 15 is 0 Å². The first-order chi connectivity index (χ1) is 28.0. The summed E-state index contributed by atoms with van der Waals surface area (Å²) in [6, 6.07) is 0. The number of unbranched alkanes of at least 4 members (excludes halogenated alkanes) is 14. The highest BCUT2D eigenvalue weighted by atomic mass is 31.2. The third-order valence-electron chi connectivity index (χ3n) is 9.21. The molecule has 58 heavy (non-hydrogen) atoms. The number of phosphoric ester groups is 1. The Morgan fingerprint density at radius 2 is 0.983 bits per heavy atom. The molecule has 0 aromatic heterocycles. The van der Waals surface area contributed by atoms with Crippen LogP contribution >= 0.6 is 7.82 Å². The van der Waals surface area contributed by atoms with Gasteiger partial charge in [0.2, 0.25) is 0 Å². The van der Waals surface area contributed by atoms with Gasteiger partial charge in [0.1, 0.15) is 19.8 Å². The number of hydrogen-bond donors (Lipinski definition) is 0. The van der Waals surface area contributed by atoms with Gasteiger partial charge in [0.05, 0.1) is 27.7 Å². The molecule has 0 saturated carbocycles. The molecule has 10 heteroatoms. The normalized spacial score (nSPS) is 14.2. The van der Waals surface area contributed by atoms with Crippen molar-refractivity contribution in [3.63, 3.8) is 0 Å². The zero-order valence-corrected chi connectivity index (χ0v) is 38.4. The van der Waals surface area contributed by atoms with Crippen molar-refractivity contribution in [1.29, 1.82) is 0 Å². The molecule has 0 saturated heterocycles.